The largest absolute Gasteiger partial charge is 0.467 e. The quantitative estimate of drug-likeness (QED) is 0.664. The molecule has 0 aliphatic carbocycles. The van der Waals surface area contributed by atoms with Gasteiger partial charge < -0.3 is 4.42 Å². The van der Waals surface area contributed by atoms with Gasteiger partial charge >= 0.3 is 0 Å². The Labute approximate surface area is 148 Å². The molecule has 0 spiro atoms. The van der Waals surface area contributed by atoms with Gasteiger partial charge in [-0.05, 0) is 47.9 Å². The van der Waals surface area contributed by atoms with E-state index in [1.165, 1.54) is 10.6 Å². The van der Waals surface area contributed by atoms with Crippen molar-refractivity contribution in [3.63, 3.8) is 0 Å². The fourth-order valence-electron chi connectivity index (χ4n) is 2.49. The minimum absolute atomic E-state index is 0.0816. The Kier molecular flexibility index (Phi) is 4.90. The number of benzene rings is 1. The van der Waals surface area contributed by atoms with Crippen molar-refractivity contribution in [3.8, 4) is 0 Å². The molecule has 0 aliphatic heterocycles. The first kappa shape index (κ1) is 17.2. The highest BCUT2D eigenvalue weighted by Gasteiger charge is 2.27. The van der Waals surface area contributed by atoms with Crippen LogP contribution in [0.3, 0.4) is 0 Å². The highest BCUT2D eigenvalue weighted by molar-refractivity contribution is 7.92. The summed E-state index contributed by atoms with van der Waals surface area (Å²) in [6, 6.07) is 15.6. The van der Waals surface area contributed by atoms with E-state index < -0.39 is 10.0 Å². The molecule has 0 saturated carbocycles. The highest BCUT2D eigenvalue weighted by Crippen LogP contribution is 2.25. The SMILES string of the molecule is CC(C)c1ccc(S(=O)(=O)N(Cc2ccco2)c2ccccn2)cc1. The Bertz CT molecular complexity index is 903. The van der Waals surface area contributed by atoms with Crippen LogP contribution < -0.4 is 4.31 Å². The van der Waals surface area contributed by atoms with Crippen molar-refractivity contribution in [2.45, 2.75) is 31.2 Å². The van der Waals surface area contributed by atoms with Crippen LogP contribution in [-0.2, 0) is 16.6 Å². The Morgan fingerprint density at radius 1 is 1.04 bits per heavy atom. The number of aromatic nitrogens is 1. The molecule has 0 atom stereocenters. The Morgan fingerprint density at radius 3 is 2.36 bits per heavy atom. The number of nitrogens with zero attached hydrogens (tertiary/aromatic N) is 2. The van der Waals surface area contributed by atoms with E-state index >= 15 is 0 Å². The molecule has 0 bridgehead atoms. The molecule has 130 valence electrons. The van der Waals surface area contributed by atoms with Gasteiger partial charge in [-0.2, -0.15) is 0 Å². The van der Waals surface area contributed by atoms with Gasteiger partial charge in [-0.3, -0.25) is 0 Å². The summed E-state index contributed by atoms with van der Waals surface area (Å²) in [5.41, 5.74) is 1.09. The number of pyridine rings is 1. The summed E-state index contributed by atoms with van der Waals surface area (Å²) >= 11 is 0. The average Bonchev–Trinajstić information content (AvgIpc) is 3.13. The molecule has 3 aromatic rings. The third-order valence-electron chi connectivity index (χ3n) is 3.92. The van der Waals surface area contributed by atoms with Gasteiger partial charge in [0.2, 0.25) is 0 Å². The maximum absolute atomic E-state index is 13.2. The summed E-state index contributed by atoms with van der Waals surface area (Å²) in [6.07, 6.45) is 3.10. The van der Waals surface area contributed by atoms with E-state index in [4.69, 9.17) is 4.42 Å². The Hall–Kier alpha value is -2.60. The molecular formula is C19H20N2O3S. The number of hydrogen-bond acceptors (Lipinski definition) is 4. The van der Waals surface area contributed by atoms with Crippen LogP contribution >= 0.6 is 0 Å². The molecule has 3 rings (SSSR count). The molecule has 0 saturated heterocycles. The van der Waals surface area contributed by atoms with Crippen molar-refractivity contribution < 1.29 is 12.8 Å². The van der Waals surface area contributed by atoms with Gasteiger partial charge in [0.15, 0.2) is 0 Å². The van der Waals surface area contributed by atoms with Crippen LogP contribution in [-0.4, -0.2) is 13.4 Å². The molecule has 6 heteroatoms. The minimum Gasteiger partial charge on any atom is -0.467 e. The fourth-order valence-corrected chi connectivity index (χ4v) is 3.87. The summed E-state index contributed by atoms with van der Waals surface area (Å²) in [6.45, 7) is 4.22. The third kappa shape index (κ3) is 3.74. The number of sulfonamides is 1. The van der Waals surface area contributed by atoms with E-state index in [0.717, 1.165) is 5.56 Å². The zero-order valence-electron chi connectivity index (χ0n) is 14.2. The standard InChI is InChI=1S/C19H20N2O3S/c1-15(2)16-8-10-18(11-9-16)25(22,23)21(14-17-6-5-13-24-17)19-7-3-4-12-20-19/h3-13,15H,14H2,1-2H3. The number of furan rings is 1. The Morgan fingerprint density at radius 2 is 1.80 bits per heavy atom. The molecule has 2 heterocycles. The first-order valence-electron chi connectivity index (χ1n) is 8.04. The lowest BCUT2D eigenvalue weighted by Gasteiger charge is -2.22. The maximum atomic E-state index is 13.2. The van der Waals surface area contributed by atoms with E-state index in [1.54, 1.807) is 48.7 Å². The number of anilines is 1. The first-order chi connectivity index (χ1) is 12.0. The van der Waals surface area contributed by atoms with Crippen molar-refractivity contribution in [2.75, 3.05) is 4.31 Å². The summed E-state index contributed by atoms with van der Waals surface area (Å²) in [5, 5.41) is 0. The van der Waals surface area contributed by atoms with Gasteiger partial charge in [-0.1, -0.05) is 32.0 Å². The van der Waals surface area contributed by atoms with Crippen LogP contribution in [0.15, 0.2) is 76.4 Å². The fraction of sp³-hybridized carbons (Fsp3) is 0.211. The van der Waals surface area contributed by atoms with Crippen LogP contribution in [0.25, 0.3) is 0 Å². The van der Waals surface area contributed by atoms with Gasteiger partial charge in [-0.25, -0.2) is 17.7 Å². The van der Waals surface area contributed by atoms with Crippen LogP contribution in [0.2, 0.25) is 0 Å². The molecule has 0 amide bonds. The van der Waals surface area contributed by atoms with E-state index in [-0.39, 0.29) is 11.4 Å². The molecule has 0 unspecified atom stereocenters. The predicted molar refractivity (Wildman–Crippen MR) is 96.8 cm³/mol. The second-order valence-electron chi connectivity index (χ2n) is 6.00. The van der Waals surface area contributed by atoms with E-state index in [9.17, 15) is 8.42 Å². The summed E-state index contributed by atoms with van der Waals surface area (Å²) in [5.74, 6) is 1.24. The predicted octanol–water partition coefficient (Wildman–Crippen LogP) is 4.19. The Balaban J connectivity index is 2.01. The highest BCUT2D eigenvalue weighted by atomic mass is 32.2. The van der Waals surface area contributed by atoms with Crippen molar-refractivity contribution >= 4 is 15.8 Å². The molecule has 25 heavy (non-hydrogen) atoms. The van der Waals surface area contributed by atoms with Crippen molar-refractivity contribution in [2.24, 2.45) is 0 Å². The van der Waals surface area contributed by atoms with Gasteiger partial charge in [-0.15, -0.1) is 0 Å². The topological polar surface area (TPSA) is 63.4 Å². The van der Waals surface area contributed by atoms with Crippen molar-refractivity contribution in [1.29, 1.82) is 0 Å². The van der Waals surface area contributed by atoms with Crippen LogP contribution in [0.1, 0.15) is 31.1 Å². The molecule has 0 N–H and O–H groups in total. The summed E-state index contributed by atoms with van der Waals surface area (Å²) in [4.78, 5) is 4.43. The number of rotatable bonds is 6. The van der Waals surface area contributed by atoms with E-state index in [2.05, 4.69) is 18.8 Å². The smallest absolute Gasteiger partial charge is 0.265 e. The summed E-state index contributed by atoms with van der Waals surface area (Å²) in [7, 11) is -3.76. The third-order valence-corrected chi connectivity index (χ3v) is 5.68. The zero-order valence-corrected chi connectivity index (χ0v) is 15.0. The van der Waals surface area contributed by atoms with Gasteiger partial charge in [0, 0.05) is 6.20 Å². The average molecular weight is 356 g/mol. The molecular weight excluding hydrogens is 336 g/mol. The summed E-state index contributed by atoms with van der Waals surface area (Å²) < 4.78 is 33.0. The molecule has 1 aromatic carbocycles. The van der Waals surface area contributed by atoms with Crippen LogP contribution in [0.5, 0.6) is 0 Å². The molecule has 0 aliphatic rings. The minimum atomic E-state index is -3.76. The molecule has 5 nitrogen and oxygen atoms in total. The van der Waals surface area contributed by atoms with Gasteiger partial charge in [0.05, 0.1) is 17.7 Å². The van der Waals surface area contributed by atoms with Crippen molar-refractivity contribution in [3.05, 3.63) is 78.4 Å². The molecule has 0 radical (unpaired) electrons. The van der Waals surface area contributed by atoms with E-state index in [1.807, 2.05) is 12.1 Å². The first-order valence-corrected chi connectivity index (χ1v) is 9.48. The van der Waals surface area contributed by atoms with Crippen molar-refractivity contribution in [1.82, 2.24) is 4.98 Å². The second-order valence-corrected chi connectivity index (χ2v) is 7.87. The van der Waals surface area contributed by atoms with Gasteiger partial charge in [0.1, 0.15) is 11.6 Å². The normalized spacial score (nSPS) is 11.6. The maximum Gasteiger partial charge on any atom is 0.265 e. The molecule has 0 fully saturated rings. The van der Waals surface area contributed by atoms with Gasteiger partial charge in [0.25, 0.3) is 10.0 Å². The lowest BCUT2D eigenvalue weighted by atomic mass is 10.0. The number of hydrogen-bond donors (Lipinski definition) is 0. The van der Waals surface area contributed by atoms with Crippen LogP contribution in [0.4, 0.5) is 5.82 Å². The lowest BCUT2D eigenvalue weighted by molar-refractivity contribution is 0.508. The van der Waals surface area contributed by atoms with Crippen LogP contribution in [0, 0.1) is 0 Å². The van der Waals surface area contributed by atoms with E-state index in [0.29, 0.717) is 17.5 Å². The zero-order chi connectivity index (χ0) is 17.9. The lowest BCUT2D eigenvalue weighted by Crippen LogP contribution is -2.31. The monoisotopic (exact) mass is 356 g/mol. The molecule has 2 aromatic heterocycles. The second kappa shape index (κ2) is 7.11.